The molecule has 24 heavy (non-hydrogen) atoms. The quantitative estimate of drug-likeness (QED) is 0.718. The number of halogens is 2. The molecule has 0 aliphatic rings. The Labute approximate surface area is 157 Å². The first-order valence-corrected chi connectivity index (χ1v) is 8.70. The Hall–Kier alpha value is -1.86. The zero-order chi connectivity index (χ0) is 17.7. The summed E-state index contributed by atoms with van der Waals surface area (Å²) in [5.41, 5.74) is 1.74. The molecule has 0 saturated heterocycles. The summed E-state index contributed by atoms with van der Waals surface area (Å²) in [4.78, 5) is 24.0. The Bertz CT molecular complexity index is 755. The van der Waals surface area contributed by atoms with E-state index in [1.54, 1.807) is 24.3 Å². The van der Waals surface area contributed by atoms with E-state index in [2.05, 4.69) is 42.5 Å². The van der Waals surface area contributed by atoms with E-state index in [1.807, 2.05) is 19.1 Å². The summed E-state index contributed by atoms with van der Waals surface area (Å²) in [5.74, 6) is -0.00757. The fourth-order valence-electron chi connectivity index (χ4n) is 2.12. The van der Waals surface area contributed by atoms with Crippen LogP contribution in [0.4, 0.5) is 5.69 Å². The predicted octanol–water partition coefficient (Wildman–Crippen LogP) is 3.90. The predicted molar refractivity (Wildman–Crippen MR) is 101 cm³/mol. The van der Waals surface area contributed by atoms with Crippen molar-refractivity contribution in [2.75, 3.05) is 19.0 Å². The van der Waals surface area contributed by atoms with E-state index in [1.165, 1.54) is 7.05 Å². The van der Waals surface area contributed by atoms with Gasteiger partial charge in [-0.05, 0) is 52.7 Å². The normalized spacial score (nSPS) is 10.2. The Morgan fingerprint density at radius 1 is 1.17 bits per heavy atom. The molecule has 0 atom stereocenters. The second-order valence-corrected chi connectivity index (χ2v) is 6.77. The highest BCUT2D eigenvalue weighted by atomic mass is 79.9. The fraction of sp³-hybridized carbons (Fsp3) is 0.176. The molecule has 2 amide bonds. The maximum atomic E-state index is 12.1. The number of aryl methyl sites for hydroxylation is 1. The van der Waals surface area contributed by atoms with Crippen molar-refractivity contribution in [2.24, 2.45) is 0 Å². The first kappa shape index (κ1) is 18.5. The van der Waals surface area contributed by atoms with Gasteiger partial charge in [-0.15, -0.1) is 0 Å². The summed E-state index contributed by atoms with van der Waals surface area (Å²) in [7, 11) is 1.54. The van der Waals surface area contributed by atoms with Crippen molar-refractivity contribution in [3.8, 4) is 5.75 Å². The second-order valence-electron chi connectivity index (χ2n) is 5.00. The van der Waals surface area contributed by atoms with Crippen molar-refractivity contribution in [1.82, 2.24) is 5.32 Å². The van der Waals surface area contributed by atoms with Crippen LogP contribution in [0.3, 0.4) is 0 Å². The molecular weight excluding hydrogens is 440 g/mol. The molecule has 2 rings (SSSR count). The number of anilines is 1. The number of para-hydroxylation sites is 1. The van der Waals surface area contributed by atoms with Crippen molar-refractivity contribution >= 4 is 49.4 Å². The van der Waals surface area contributed by atoms with Crippen molar-refractivity contribution in [1.29, 1.82) is 0 Å². The van der Waals surface area contributed by atoms with E-state index in [0.29, 0.717) is 17.0 Å². The molecule has 0 unspecified atom stereocenters. The van der Waals surface area contributed by atoms with Crippen molar-refractivity contribution in [3.05, 3.63) is 56.5 Å². The maximum absolute atomic E-state index is 12.1. The van der Waals surface area contributed by atoms with Gasteiger partial charge < -0.3 is 15.4 Å². The molecule has 2 aromatic rings. The van der Waals surface area contributed by atoms with Crippen LogP contribution in [0.5, 0.6) is 5.75 Å². The van der Waals surface area contributed by atoms with Gasteiger partial charge in [0.15, 0.2) is 6.61 Å². The van der Waals surface area contributed by atoms with Crippen LogP contribution < -0.4 is 15.4 Å². The molecule has 5 nitrogen and oxygen atoms in total. The largest absolute Gasteiger partial charge is 0.482 e. The minimum Gasteiger partial charge on any atom is -0.482 e. The zero-order valence-electron chi connectivity index (χ0n) is 13.2. The van der Waals surface area contributed by atoms with E-state index in [0.717, 1.165) is 14.5 Å². The number of amides is 2. The lowest BCUT2D eigenvalue weighted by molar-refractivity contribution is -0.118. The highest BCUT2D eigenvalue weighted by molar-refractivity contribution is 9.11. The molecule has 0 heterocycles. The number of nitrogens with one attached hydrogen (secondary N) is 2. The Balaban J connectivity index is 2.06. The molecule has 7 heteroatoms. The van der Waals surface area contributed by atoms with Gasteiger partial charge in [0.05, 0.1) is 15.7 Å². The molecule has 0 bridgehead atoms. The number of carbonyl (C=O) groups is 2. The van der Waals surface area contributed by atoms with Crippen LogP contribution in [0, 0.1) is 6.92 Å². The van der Waals surface area contributed by atoms with Gasteiger partial charge in [0.25, 0.3) is 11.8 Å². The lowest BCUT2D eigenvalue weighted by atomic mass is 10.1. The first-order chi connectivity index (χ1) is 11.4. The van der Waals surface area contributed by atoms with E-state index in [4.69, 9.17) is 4.74 Å². The topological polar surface area (TPSA) is 67.4 Å². The summed E-state index contributed by atoms with van der Waals surface area (Å²) >= 11 is 6.81. The molecule has 0 fully saturated rings. The minimum atomic E-state index is -0.347. The third-order valence-electron chi connectivity index (χ3n) is 3.21. The SMILES string of the molecule is CNC(=O)c1ccccc1NC(=O)COc1c(C)cc(Br)cc1Br. The van der Waals surface area contributed by atoms with Crippen LogP contribution in [0.15, 0.2) is 45.3 Å². The average Bonchev–Trinajstić information content (AvgIpc) is 2.53. The number of benzene rings is 2. The smallest absolute Gasteiger partial charge is 0.262 e. The highest BCUT2D eigenvalue weighted by Crippen LogP contribution is 2.32. The van der Waals surface area contributed by atoms with Gasteiger partial charge in [-0.25, -0.2) is 0 Å². The van der Waals surface area contributed by atoms with Gasteiger partial charge >= 0.3 is 0 Å². The van der Waals surface area contributed by atoms with Crippen LogP contribution in [0.2, 0.25) is 0 Å². The summed E-state index contributed by atoms with van der Waals surface area (Å²) in [6.45, 7) is 1.73. The van der Waals surface area contributed by atoms with Crippen LogP contribution in [0.25, 0.3) is 0 Å². The van der Waals surface area contributed by atoms with E-state index in [9.17, 15) is 9.59 Å². The summed E-state index contributed by atoms with van der Waals surface area (Å²) < 4.78 is 7.28. The summed E-state index contributed by atoms with van der Waals surface area (Å²) in [5, 5.41) is 5.24. The summed E-state index contributed by atoms with van der Waals surface area (Å²) in [6, 6.07) is 10.5. The van der Waals surface area contributed by atoms with Crippen molar-refractivity contribution < 1.29 is 14.3 Å². The van der Waals surface area contributed by atoms with Gasteiger partial charge in [0.1, 0.15) is 5.75 Å². The lowest BCUT2D eigenvalue weighted by Crippen LogP contribution is -2.24. The van der Waals surface area contributed by atoms with Gasteiger partial charge in [0, 0.05) is 11.5 Å². The van der Waals surface area contributed by atoms with E-state index >= 15 is 0 Å². The molecule has 0 aliphatic carbocycles. The van der Waals surface area contributed by atoms with Crippen LogP contribution in [-0.2, 0) is 4.79 Å². The standard InChI is InChI=1S/C17H16Br2N2O3/c1-10-7-11(18)8-13(19)16(10)24-9-15(22)21-14-6-4-3-5-12(14)17(23)20-2/h3-8H,9H2,1-2H3,(H,20,23)(H,21,22). The van der Waals surface area contributed by atoms with Gasteiger partial charge in [-0.1, -0.05) is 28.1 Å². The molecule has 2 N–H and O–H groups in total. The molecule has 0 aliphatic heterocycles. The molecule has 0 saturated carbocycles. The zero-order valence-corrected chi connectivity index (χ0v) is 16.3. The summed E-state index contributed by atoms with van der Waals surface area (Å²) in [6.07, 6.45) is 0. The molecule has 2 aromatic carbocycles. The Morgan fingerprint density at radius 2 is 1.88 bits per heavy atom. The maximum Gasteiger partial charge on any atom is 0.262 e. The lowest BCUT2D eigenvalue weighted by Gasteiger charge is -2.13. The second kappa shape index (κ2) is 8.30. The van der Waals surface area contributed by atoms with Crippen molar-refractivity contribution in [2.45, 2.75) is 6.92 Å². The first-order valence-electron chi connectivity index (χ1n) is 7.11. The number of carbonyl (C=O) groups excluding carboxylic acids is 2. The molecule has 0 radical (unpaired) electrons. The van der Waals surface area contributed by atoms with E-state index in [-0.39, 0.29) is 18.4 Å². The fourth-order valence-corrected chi connectivity index (χ4v) is 3.67. The molecular formula is C17H16Br2N2O3. The molecule has 0 aromatic heterocycles. The van der Waals surface area contributed by atoms with E-state index < -0.39 is 0 Å². The highest BCUT2D eigenvalue weighted by Gasteiger charge is 2.13. The minimum absolute atomic E-state index is 0.164. The van der Waals surface area contributed by atoms with Gasteiger partial charge in [-0.2, -0.15) is 0 Å². The van der Waals surface area contributed by atoms with Crippen LogP contribution in [-0.4, -0.2) is 25.5 Å². The van der Waals surface area contributed by atoms with Gasteiger partial charge in [0.2, 0.25) is 0 Å². The average molecular weight is 456 g/mol. The van der Waals surface area contributed by atoms with Gasteiger partial charge in [-0.3, -0.25) is 9.59 Å². The number of hydrogen-bond donors (Lipinski definition) is 2. The Morgan fingerprint density at radius 3 is 2.54 bits per heavy atom. The van der Waals surface area contributed by atoms with Crippen LogP contribution in [0.1, 0.15) is 15.9 Å². The monoisotopic (exact) mass is 454 g/mol. The molecule has 126 valence electrons. The number of rotatable bonds is 5. The third kappa shape index (κ3) is 4.58. The van der Waals surface area contributed by atoms with Crippen molar-refractivity contribution in [3.63, 3.8) is 0 Å². The number of ether oxygens (including phenoxy) is 1. The molecule has 0 spiro atoms. The third-order valence-corrected chi connectivity index (χ3v) is 4.26. The Kier molecular flexibility index (Phi) is 6.39. The number of hydrogen-bond acceptors (Lipinski definition) is 3. The van der Waals surface area contributed by atoms with Crippen LogP contribution >= 0.6 is 31.9 Å².